The van der Waals surface area contributed by atoms with Crippen LogP contribution in [0.1, 0.15) is 40.0 Å². The fraction of sp³-hybridized carbons (Fsp3) is 0.800. The van der Waals surface area contributed by atoms with E-state index in [0.29, 0.717) is 5.41 Å². The number of rotatable bonds is 0. The van der Waals surface area contributed by atoms with Crippen LogP contribution in [0, 0.1) is 11.3 Å². The summed E-state index contributed by atoms with van der Waals surface area (Å²) in [4.78, 5) is 0. The Hall–Kier alpha value is 0.717. The summed E-state index contributed by atoms with van der Waals surface area (Å²) in [6.07, 6.45) is 4.24. The van der Waals surface area contributed by atoms with Gasteiger partial charge in [0.1, 0.15) is 0 Å². The van der Waals surface area contributed by atoms with Crippen molar-refractivity contribution in [2.45, 2.75) is 40.0 Å². The number of hydrogen-bond acceptors (Lipinski definition) is 0. The van der Waals surface area contributed by atoms with E-state index in [4.69, 9.17) is 0 Å². The van der Waals surface area contributed by atoms with Gasteiger partial charge in [0.2, 0.25) is 0 Å². The molecular formula is C10H16GeSi2. The van der Waals surface area contributed by atoms with Crippen LogP contribution in [-0.4, -0.2) is 39.5 Å². The Bertz CT molecular complexity index is 209. The molecule has 0 aromatic heterocycles. The molecule has 3 heteroatoms. The first-order valence-corrected chi connectivity index (χ1v) is 4.31. The maximum atomic E-state index is 2.40. The van der Waals surface area contributed by atoms with Crippen molar-refractivity contribution in [2.24, 2.45) is 11.3 Å². The topological polar surface area (TPSA) is 0 Å². The summed E-state index contributed by atoms with van der Waals surface area (Å²) in [5, 5.41) is 0. The molecule has 0 aliphatic heterocycles. The van der Waals surface area contributed by atoms with E-state index in [0.717, 1.165) is 5.92 Å². The zero-order valence-corrected chi connectivity index (χ0v) is 12.8. The molecule has 0 amide bonds. The van der Waals surface area contributed by atoms with E-state index in [2.05, 4.69) is 20.8 Å². The quantitative estimate of drug-likeness (QED) is 0.464. The van der Waals surface area contributed by atoms with Gasteiger partial charge in [0.15, 0.2) is 0 Å². The molecule has 1 fully saturated rings. The summed E-state index contributed by atoms with van der Waals surface area (Å²) < 4.78 is 0. The Balaban J connectivity index is 0. The summed E-state index contributed by atoms with van der Waals surface area (Å²) in [5.41, 5.74) is 4.04. The normalized spacial score (nSPS) is 27.5. The second kappa shape index (κ2) is 4.98. The van der Waals surface area contributed by atoms with Crippen LogP contribution in [0.25, 0.3) is 0 Å². The molecule has 3 aliphatic carbocycles. The second-order valence-electron chi connectivity index (χ2n) is 4.42. The van der Waals surface area contributed by atoms with Gasteiger partial charge in [-0.1, -0.05) is 25.0 Å². The third-order valence-corrected chi connectivity index (χ3v) is 3.63. The number of hydrogen-bond donors (Lipinski definition) is 0. The smallest absolute Gasteiger partial charge is 0 e. The van der Waals surface area contributed by atoms with Crippen LogP contribution in [0.5, 0.6) is 0 Å². The van der Waals surface area contributed by atoms with Crippen molar-refractivity contribution in [3.05, 3.63) is 11.1 Å². The summed E-state index contributed by atoms with van der Waals surface area (Å²) in [5.74, 6) is 1.02. The molecule has 0 aromatic rings. The Kier molecular flexibility index (Phi) is 6.19. The van der Waals surface area contributed by atoms with E-state index in [-0.39, 0.29) is 39.5 Å². The van der Waals surface area contributed by atoms with Gasteiger partial charge in [-0.3, -0.25) is 0 Å². The number of fused-ring (bicyclic) bond motifs is 2. The van der Waals surface area contributed by atoms with E-state index < -0.39 is 0 Å². The van der Waals surface area contributed by atoms with E-state index in [9.17, 15) is 0 Å². The molecule has 1 saturated carbocycles. The van der Waals surface area contributed by atoms with Crippen molar-refractivity contribution >= 4 is 39.5 Å². The van der Waals surface area contributed by atoms with Crippen molar-refractivity contribution in [1.29, 1.82) is 0 Å². The Labute approximate surface area is 102 Å². The molecule has 68 valence electrons. The second-order valence-corrected chi connectivity index (χ2v) is 4.42. The molecule has 0 aromatic carbocycles. The molecule has 0 saturated heterocycles. The maximum absolute atomic E-state index is 2.40. The van der Waals surface area contributed by atoms with Crippen LogP contribution in [0.2, 0.25) is 0 Å². The van der Waals surface area contributed by atoms with Crippen LogP contribution in [0.15, 0.2) is 11.1 Å². The third-order valence-electron chi connectivity index (χ3n) is 3.63. The Morgan fingerprint density at radius 3 is 2.00 bits per heavy atom. The van der Waals surface area contributed by atoms with Gasteiger partial charge in [-0.25, -0.2) is 0 Å². The molecule has 3 rings (SSSR count). The molecule has 1 unspecified atom stereocenters. The maximum Gasteiger partial charge on any atom is 0 e. The fourth-order valence-corrected chi connectivity index (χ4v) is 2.61. The predicted octanol–water partition coefficient (Wildman–Crippen LogP) is 2.00. The third kappa shape index (κ3) is 2.21. The molecule has 3 aliphatic rings. The van der Waals surface area contributed by atoms with Gasteiger partial charge in [-0.2, -0.15) is 0 Å². The summed E-state index contributed by atoms with van der Waals surface area (Å²) >= 11 is 0. The van der Waals surface area contributed by atoms with Gasteiger partial charge in [-0.15, -0.1) is 0 Å². The molecule has 0 N–H and O–H groups in total. The van der Waals surface area contributed by atoms with Crippen molar-refractivity contribution < 1.29 is 0 Å². The molecule has 1 atom stereocenters. The van der Waals surface area contributed by atoms with Crippen LogP contribution in [0.3, 0.4) is 0 Å². The molecule has 0 nitrogen and oxygen atoms in total. The Morgan fingerprint density at radius 1 is 1.23 bits per heavy atom. The van der Waals surface area contributed by atoms with Gasteiger partial charge < -0.3 is 0 Å². The minimum absolute atomic E-state index is 0. The Morgan fingerprint density at radius 2 is 1.77 bits per heavy atom. The van der Waals surface area contributed by atoms with Crippen molar-refractivity contribution in [2.75, 3.05) is 0 Å². The van der Waals surface area contributed by atoms with Crippen molar-refractivity contribution in [1.82, 2.24) is 0 Å². The van der Waals surface area contributed by atoms with E-state index in [1.165, 1.54) is 19.3 Å². The SMILES string of the molecule is CC1=C2CC(CC1)C2(C)C.[Ge].[Si].[Si]. The fourth-order valence-electron chi connectivity index (χ4n) is 2.61. The average Bonchev–Trinajstić information content (AvgIpc) is 1.87. The van der Waals surface area contributed by atoms with Gasteiger partial charge in [0.25, 0.3) is 0 Å². The molecular weight excluding hydrogens is 249 g/mol. The van der Waals surface area contributed by atoms with E-state index in [1.54, 1.807) is 11.1 Å². The largest absolute Gasteiger partial charge is 0.0735 e. The molecule has 12 radical (unpaired) electrons. The van der Waals surface area contributed by atoms with Gasteiger partial charge >= 0.3 is 0 Å². The van der Waals surface area contributed by atoms with Crippen molar-refractivity contribution in [3.8, 4) is 0 Å². The first-order valence-electron chi connectivity index (χ1n) is 4.31. The monoisotopic (exact) mass is 266 g/mol. The van der Waals surface area contributed by atoms with Crippen molar-refractivity contribution in [3.63, 3.8) is 0 Å². The number of allylic oxidation sites excluding steroid dienone is 2. The molecule has 0 heterocycles. The average molecular weight is 265 g/mol. The van der Waals surface area contributed by atoms with Gasteiger partial charge in [-0.05, 0) is 37.5 Å². The molecule has 0 spiro atoms. The first-order chi connectivity index (χ1) is 4.62. The summed E-state index contributed by atoms with van der Waals surface area (Å²) in [6.45, 7) is 7.12. The minimum atomic E-state index is 0. The first kappa shape index (κ1) is 16.2. The predicted molar refractivity (Wildman–Crippen MR) is 61.1 cm³/mol. The van der Waals surface area contributed by atoms with Crippen LogP contribution in [-0.2, 0) is 0 Å². The van der Waals surface area contributed by atoms with Crippen LogP contribution < -0.4 is 0 Å². The van der Waals surface area contributed by atoms with Crippen LogP contribution in [0.4, 0.5) is 0 Å². The standard InChI is InChI=1S/C10H16.Ge.2Si/c1-7-4-5-8-6-9(7)10(8,2)3;;;/h8H,4-6H2,1-3H3;;;. The molecule has 2 bridgehead atoms. The zero-order valence-electron chi connectivity index (χ0n) is 8.70. The molecule has 13 heavy (non-hydrogen) atoms. The summed E-state index contributed by atoms with van der Waals surface area (Å²) in [6, 6.07) is 0. The van der Waals surface area contributed by atoms with Gasteiger partial charge in [0.05, 0.1) is 0 Å². The van der Waals surface area contributed by atoms with E-state index >= 15 is 0 Å². The minimum Gasteiger partial charge on any atom is -0.0735 e. The van der Waals surface area contributed by atoms with Crippen LogP contribution >= 0.6 is 0 Å². The summed E-state index contributed by atoms with van der Waals surface area (Å²) in [7, 11) is 0. The zero-order chi connectivity index (χ0) is 7.35. The van der Waals surface area contributed by atoms with Gasteiger partial charge in [0, 0.05) is 39.5 Å². The van der Waals surface area contributed by atoms with E-state index in [1.807, 2.05) is 0 Å².